The second-order valence-electron chi connectivity index (χ2n) is 22.0. The Hall–Kier alpha value is -7.80. The molecule has 5 heterocycles. The molecule has 3 aliphatic heterocycles. The molecule has 1 aliphatic carbocycles. The maximum atomic E-state index is 15.0. The van der Waals surface area contributed by atoms with Gasteiger partial charge in [0.25, 0.3) is 11.4 Å². The number of nitrogens with zero attached hydrogens (tertiary/aromatic N) is 4. The maximum absolute atomic E-state index is 15.0. The van der Waals surface area contributed by atoms with Crippen LogP contribution in [0.5, 0.6) is 0 Å². The summed E-state index contributed by atoms with van der Waals surface area (Å²) >= 11 is 0. The first-order valence-corrected chi connectivity index (χ1v) is 30.7. The number of imide groups is 1. The summed E-state index contributed by atoms with van der Waals surface area (Å²) in [6.07, 6.45) is 5.70. The number of primary amides is 1. The van der Waals surface area contributed by atoms with Gasteiger partial charge in [-0.2, -0.15) is 0 Å². The molecule has 27 heteroatoms. The van der Waals surface area contributed by atoms with Crippen molar-refractivity contribution in [3.8, 4) is 0 Å². The second kappa shape index (κ2) is 24.0. The largest absolute Gasteiger partial charge is 0.396 e. The maximum Gasteiger partial charge on any atom is 0.396 e. The third-order valence-corrected chi connectivity index (χ3v) is 18.2. The zero-order valence-electron chi connectivity index (χ0n) is 45.1. The van der Waals surface area contributed by atoms with E-state index in [9.17, 15) is 65.9 Å². The van der Waals surface area contributed by atoms with Crippen LogP contribution in [0.25, 0.3) is 21.9 Å². The fourth-order valence-electron chi connectivity index (χ4n) is 11.9. The molecule has 1 unspecified atom stereocenters. The zero-order chi connectivity index (χ0) is 58.9. The van der Waals surface area contributed by atoms with Crippen LogP contribution in [-0.2, 0) is 68.0 Å². The molecular formula is C55H65N10O15PS. The van der Waals surface area contributed by atoms with E-state index in [1.54, 1.807) is 11.9 Å². The number of imidazole rings is 1. The predicted octanol–water partition coefficient (Wildman–Crippen LogP) is 1.72. The lowest BCUT2D eigenvalue weighted by Crippen LogP contribution is -2.62. The summed E-state index contributed by atoms with van der Waals surface area (Å²) in [4.78, 5) is 159. The number of nitrogens with one attached hydrogen (secondary N) is 5. The number of fused-ring (bicyclic) bond motifs is 3. The summed E-state index contributed by atoms with van der Waals surface area (Å²) in [6, 6.07) is 11.4. The van der Waals surface area contributed by atoms with Crippen molar-refractivity contribution in [2.24, 2.45) is 24.6 Å². The van der Waals surface area contributed by atoms with Gasteiger partial charge < -0.3 is 46.3 Å². The first-order valence-electron chi connectivity index (χ1n) is 27.2. The van der Waals surface area contributed by atoms with Crippen LogP contribution in [-0.4, -0.2) is 138 Å². The number of rotatable bonds is 18. The fraction of sp³-hybridized carbons (Fsp3) is 0.455. The highest BCUT2D eigenvalue weighted by molar-refractivity contribution is 7.90. The Morgan fingerprint density at radius 1 is 0.841 bits per heavy atom. The number of amides is 8. The van der Waals surface area contributed by atoms with E-state index >= 15 is 4.79 Å². The number of carbonyl (C=O) groups is 9. The van der Waals surface area contributed by atoms with Crippen molar-refractivity contribution in [2.45, 2.75) is 125 Å². The molecule has 8 amide bonds. The molecular weight excluding hydrogens is 1100 g/mol. The number of H-pyrrole nitrogens is 1. The van der Waals surface area contributed by atoms with Gasteiger partial charge >= 0.3 is 13.3 Å². The van der Waals surface area contributed by atoms with Crippen molar-refractivity contribution >= 4 is 92.2 Å². The van der Waals surface area contributed by atoms with Gasteiger partial charge in [-0.1, -0.05) is 18.2 Å². The van der Waals surface area contributed by atoms with E-state index in [0.29, 0.717) is 28.5 Å². The topological polar surface area (TPSA) is 369 Å². The van der Waals surface area contributed by atoms with Crippen molar-refractivity contribution in [1.29, 1.82) is 0 Å². The van der Waals surface area contributed by atoms with E-state index in [1.165, 1.54) is 62.6 Å². The molecule has 1 saturated carbocycles. The molecule has 0 bridgehead atoms. The summed E-state index contributed by atoms with van der Waals surface area (Å²) in [5.74, 6) is -4.43. The van der Waals surface area contributed by atoms with Crippen LogP contribution in [0, 0.1) is 11.8 Å². The van der Waals surface area contributed by atoms with E-state index in [0.717, 1.165) is 43.9 Å². The Morgan fingerprint density at radius 3 is 2.23 bits per heavy atom. The first kappa shape index (κ1) is 58.8. The van der Waals surface area contributed by atoms with E-state index < -0.39 is 88.6 Å². The van der Waals surface area contributed by atoms with Gasteiger partial charge in [-0.25, -0.2) is 13.2 Å². The predicted molar refractivity (Wildman–Crippen MR) is 295 cm³/mol. The third-order valence-electron chi connectivity index (χ3n) is 16.3. The van der Waals surface area contributed by atoms with Crippen molar-refractivity contribution in [3.05, 3.63) is 99.6 Å². The Labute approximate surface area is 470 Å². The number of hydrogen-bond acceptors (Lipinski definition) is 13. The lowest BCUT2D eigenvalue weighted by atomic mass is 9.78. The smallest absolute Gasteiger partial charge is 0.370 e. The molecule has 82 heavy (non-hydrogen) atoms. The minimum atomic E-state index is -5.14. The van der Waals surface area contributed by atoms with Crippen LogP contribution in [0.3, 0.4) is 0 Å². The molecule has 4 aliphatic rings. The number of aryl methyl sites for hydroxylation is 1. The van der Waals surface area contributed by atoms with Crippen molar-refractivity contribution in [3.63, 3.8) is 0 Å². The molecule has 0 spiro atoms. The molecule has 3 aromatic carbocycles. The highest BCUT2D eigenvalue weighted by Crippen LogP contribution is 2.40. The van der Waals surface area contributed by atoms with Crippen molar-refractivity contribution in [2.75, 3.05) is 19.3 Å². The highest BCUT2D eigenvalue weighted by Gasteiger charge is 2.46. The number of benzene rings is 3. The van der Waals surface area contributed by atoms with Crippen LogP contribution in [0.15, 0.2) is 76.4 Å². The Balaban J connectivity index is 0.889. The zero-order valence-corrected chi connectivity index (χ0v) is 46.8. The van der Waals surface area contributed by atoms with Crippen LogP contribution in [0.2, 0.25) is 0 Å². The molecule has 0 radical (unpaired) electrons. The molecule has 4 fully saturated rings. The second-order valence-corrected chi connectivity index (χ2v) is 25.5. The van der Waals surface area contributed by atoms with Gasteiger partial charge in [0.05, 0.1) is 15.9 Å². The van der Waals surface area contributed by atoms with Gasteiger partial charge in [-0.05, 0) is 136 Å². The summed E-state index contributed by atoms with van der Waals surface area (Å²) in [5, 5.41) is 10.8. The molecule has 2 aromatic heterocycles. The van der Waals surface area contributed by atoms with Gasteiger partial charge in [0.15, 0.2) is 9.84 Å². The highest BCUT2D eigenvalue weighted by atomic mass is 32.2. The van der Waals surface area contributed by atoms with E-state index in [1.807, 2.05) is 18.2 Å². The number of hydrogen-bond donors (Lipinski definition) is 8. The number of sulfone groups is 1. The average Bonchev–Trinajstić information content (AvgIpc) is 3.28. The molecule has 9 N–H and O–H groups in total. The standard InChI is InChI=1S/C55H65N10O15PS/c1-62-45-24-33(9-16-42(45)65(55(62)75)44-18-20-47(67)61-52(44)72)23-30-3-5-31(6-4-30)25-48(68)63-22-21-36-11-17-43(51(71)59-39(15-19-46(56)66)49(69)57-28-32-7-12-37(13-8-32)82(2,79)80)64(36)53(73)41(29-63)60-50(70)40-27-35-26-34(10-14-38(35)58-40)54(74)81(76,77)78/h7-10,12-14,16,24,26-27,30-31,36,39,41,43-44,58H,3-6,11,15,17-23,25,28-29H2,1-2H3,(H2,56,66)(H,57,69)(H,59,71)(H,60,70)(H,61,67,72)(H2,76,77,78)/t30-,31+,36-,39+,41+,43+,44?/m1/s1. The molecule has 9 rings (SSSR count). The number of aromatic amines is 1. The monoisotopic (exact) mass is 1170 g/mol. The summed E-state index contributed by atoms with van der Waals surface area (Å²) in [6.45, 7) is -0.168. The number of piperidine rings is 1. The fourth-order valence-corrected chi connectivity index (χ4v) is 13.0. The van der Waals surface area contributed by atoms with Crippen LogP contribution in [0.1, 0.15) is 115 Å². The summed E-state index contributed by atoms with van der Waals surface area (Å²) in [5.41, 5.74) is 6.45. The van der Waals surface area contributed by atoms with Crippen molar-refractivity contribution in [1.82, 2.24) is 45.2 Å². The van der Waals surface area contributed by atoms with E-state index in [4.69, 9.17) is 5.73 Å². The normalized spacial score (nSPS) is 22.0. The molecule has 436 valence electrons. The van der Waals surface area contributed by atoms with Gasteiger partial charge in [0, 0.05) is 74.7 Å². The minimum absolute atomic E-state index is 0.00803. The van der Waals surface area contributed by atoms with Gasteiger partial charge in [0.2, 0.25) is 41.4 Å². The van der Waals surface area contributed by atoms with E-state index in [-0.39, 0.29) is 115 Å². The molecule has 25 nitrogen and oxygen atoms in total. The van der Waals surface area contributed by atoms with Gasteiger partial charge in [-0.3, -0.25) is 62.2 Å². The third kappa shape index (κ3) is 13.1. The Morgan fingerprint density at radius 2 is 1.55 bits per heavy atom. The van der Waals surface area contributed by atoms with Gasteiger partial charge in [-0.15, -0.1) is 0 Å². The number of aromatic nitrogens is 3. The minimum Gasteiger partial charge on any atom is -0.370 e. The number of nitrogens with two attached hydrogens (primary N) is 1. The van der Waals surface area contributed by atoms with E-state index in [2.05, 4.69) is 26.3 Å². The lowest BCUT2D eigenvalue weighted by Gasteiger charge is -2.39. The lowest BCUT2D eigenvalue weighted by molar-refractivity contribution is -0.146. The Bertz CT molecular complexity index is 3640. The summed E-state index contributed by atoms with van der Waals surface area (Å²) in [7, 11) is -6.97. The quantitative estimate of drug-likeness (QED) is 0.0457. The SMILES string of the molecule is Cn1c(=O)n(C2CCC(=O)NC2=O)c2ccc(C[C@H]3CC[C@@H](CC(=O)N4CC[C@H]5CC[C@@H](C(=O)N[C@@H](CCC(N)=O)C(=O)NCc6ccc(S(C)(=O)=O)cc6)N5C(=O)[C@@H](NC(=O)c5cc6cc(C(=O)P(=O)(O)O)ccc6[nH]5)C4)CC3)cc21. The summed E-state index contributed by atoms with van der Waals surface area (Å²) < 4.78 is 38.6. The van der Waals surface area contributed by atoms with Crippen molar-refractivity contribution < 1.29 is 65.9 Å². The molecule has 3 saturated heterocycles. The molecule has 5 aromatic rings. The van der Waals surface area contributed by atoms with Crippen LogP contribution in [0.4, 0.5) is 0 Å². The Kier molecular flexibility index (Phi) is 17.2. The first-order chi connectivity index (χ1) is 38.8. The molecule has 5 atom stereocenters. The van der Waals surface area contributed by atoms with Crippen LogP contribution >= 0.6 is 7.60 Å². The average molecular weight is 1170 g/mol. The number of carbonyl (C=O) groups excluding carboxylic acids is 9. The van der Waals surface area contributed by atoms with Gasteiger partial charge in [0.1, 0.15) is 29.9 Å². The van der Waals surface area contributed by atoms with Crippen LogP contribution < -0.4 is 32.7 Å².